The lowest BCUT2D eigenvalue weighted by molar-refractivity contribution is 0.0377. The molecule has 3 aromatic rings. The predicted molar refractivity (Wildman–Crippen MR) is 153 cm³/mol. The van der Waals surface area contributed by atoms with Crippen molar-refractivity contribution in [3.63, 3.8) is 0 Å². The van der Waals surface area contributed by atoms with E-state index < -0.39 is 17.9 Å². The smallest absolute Gasteiger partial charge is 0.341 e. The quantitative estimate of drug-likeness (QED) is 0.185. The minimum atomic E-state index is -0.588. The number of methoxy groups -OCH3 is 1. The molecule has 0 bridgehead atoms. The lowest BCUT2D eigenvalue weighted by atomic mass is 10.0. The first kappa shape index (κ1) is 28.8. The van der Waals surface area contributed by atoms with Gasteiger partial charge in [0.2, 0.25) is 0 Å². The molecule has 3 rings (SSSR count). The second-order valence-corrected chi connectivity index (χ2v) is 10.5. The third-order valence-electron chi connectivity index (χ3n) is 5.11. The van der Waals surface area contributed by atoms with Crippen LogP contribution in [0.15, 0.2) is 48.5 Å². The van der Waals surface area contributed by atoms with Crippen LogP contribution in [0, 0.1) is 6.92 Å². The molecule has 0 aliphatic heterocycles. The van der Waals surface area contributed by atoms with Crippen molar-refractivity contribution in [1.29, 1.82) is 0 Å². The van der Waals surface area contributed by atoms with Crippen LogP contribution in [0.3, 0.4) is 0 Å². The van der Waals surface area contributed by atoms with E-state index in [2.05, 4.69) is 10.6 Å². The Bertz CT molecular complexity index is 1310. The lowest BCUT2D eigenvalue weighted by Crippen LogP contribution is -2.21. The first-order valence-corrected chi connectivity index (χ1v) is 13.1. The second kappa shape index (κ2) is 12.7. The standard InChI is InChI=1S/C28H30N2O6S2/c1-15(2)35-25(31)19-12-20(26(32)36-16(3)4)14-21(13-19)29-28(37)30-24-23(27(33)34-6)22(17(5)38-24)18-10-8-7-9-11-18/h7-16H,1-6H3,(H2,29,30,37). The zero-order chi connectivity index (χ0) is 28.0. The number of carbonyl (C=O) groups excluding carboxylic acids is 3. The van der Waals surface area contributed by atoms with E-state index in [1.165, 1.54) is 36.6 Å². The van der Waals surface area contributed by atoms with Gasteiger partial charge in [0, 0.05) is 16.1 Å². The molecule has 0 amide bonds. The van der Waals surface area contributed by atoms with E-state index >= 15 is 0 Å². The molecule has 0 radical (unpaired) electrons. The zero-order valence-corrected chi connectivity index (χ0v) is 23.7. The summed E-state index contributed by atoms with van der Waals surface area (Å²) in [5.74, 6) is -1.68. The van der Waals surface area contributed by atoms with Crippen LogP contribution in [0.25, 0.3) is 11.1 Å². The summed E-state index contributed by atoms with van der Waals surface area (Å²) in [6, 6.07) is 14.0. The molecule has 8 nitrogen and oxygen atoms in total. The highest BCUT2D eigenvalue weighted by atomic mass is 32.1. The monoisotopic (exact) mass is 554 g/mol. The summed E-state index contributed by atoms with van der Waals surface area (Å²) >= 11 is 6.89. The number of hydrogen-bond donors (Lipinski definition) is 2. The fourth-order valence-corrected chi connectivity index (χ4v) is 5.00. The molecule has 200 valence electrons. The van der Waals surface area contributed by atoms with E-state index in [9.17, 15) is 14.4 Å². The van der Waals surface area contributed by atoms with Gasteiger partial charge in [-0.3, -0.25) is 0 Å². The lowest BCUT2D eigenvalue weighted by Gasteiger charge is -2.15. The Morgan fingerprint density at radius 2 is 1.39 bits per heavy atom. The van der Waals surface area contributed by atoms with Crippen molar-refractivity contribution in [3.8, 4) is 11.1 Å². The minimum Gasteiger partial charge on any atom is -0.465 e. The van der Waals surface area contributed by atoms with Crippen LogP contribution in [0.4, 0.5) is 10.7 Å². The number of nitrogens with one attached hydrogen (secondary N) is 2. The first-order valence-electron chi connectivity index (χ1n) is 11.9. The third-order valence-corrected chi connectivity index (χ3v) is 6.34. The average Bonchev–Trinajstić information content (AvgIpc) is 3.18. The molecule has 1 heterocycles. The predicted octanol–water partition coefficient (Wildman–Crippen LogP) is 6.45. The molecule has 2 N–H and O–H groups in total. The fraction of sp³-hybridized carbons (Fsp3) is 0.286. The largest absolute Gasteiger partial charge is 0.465 e. The summed E-state index contributed by atoms with van der Waals surface area (Å²) in [5, 5.41) is 6.72. The van der Waals surface area contributed by atoms with Gasteiger partial charge < -0.3 is 24.8 Å². The number of thiocarbonyl (C=S) groups is 1. The molecule has 10 heteroatoms. The van der Waals surface area contributed by atoms with Crippen LogP contribution in [-0.2, 0) is 14.2 Å². The summed E-state index contributed by atoms with van der Waals surface area (Å²) in [7, 11) is 1.32. The van der Waals surface area contributed by atoms with Gasteiger partial charge in [-0.1, -0.05) is 30.3 Å². The molecule has 0 aliphatic carbocycles. The van der Waals surface area contributed by atoms with E-state index in [0.29, 0.717) is 16.3 Å². The maximum Gasteiger partial charge on any atom is 0.341 e. The molecular formula is C28H30N2O6S2. The molecule has 0 saturated carbocycles. The summed E-state index contributed by atoms with van der Waals surface area (Å²) in [4.78, 5) is 38.9. The maximum atomic E-state index is 12.8. The van der Waals surface area contributed by atoms with E-state index in [1.54, 1.807) is 27.7 Å². The van der Waals surface area contributed by atoms with Crippen molar-refractivity contribution in [2.24, 2.45) is 0 Å². The topological polar surface area (TPSA) is 103 Å². The zero-order valence-electron chi connectivity index (χ0n) is 22.0. The van der Waals surface area contributed by atoms with Gasteiger partial charge in [-0.15, -0.1) is 11.3 Å². The summed E-state index contributed by atoms with van der Waals surface area (Å²) in [5.41, 5.74) is 2.68. The molecule has 2 aromatic carbocycles. The second-order valence-electron chi connectivity index (χ2n) is 8.88. The molecule has 38 heavy (non-hydrogen) atoms. The Morgan fingerprint density at radius 3 is 1.89 bits per heavy atom. The third kappa shape index (κ3) is 7.17. The fourth-order valence-electron chi connectivity index (χ4n) is 3.65. The number of hydrogen-bond acceptors (Lipinski definition) is 8. The first-order chi connectivity index (χ1) is 18.0. The summed E-state index contributed by atoms with van der Waals surface area (Å²) < 4.78 is 15.7. The van der Waals surface area contributed by atoms with Crippen LogP contribution >= 0.6 is 23.6 Å². The van der Waals surface area contributed by atoms with Gasteiger partial charge in [0.25, 0.3) is 0 Å². The van der Waals surface area contributed by atoms with Crippen molar-refractivity contribution < 1.29 is 28.6 Å². The van der Waals surface area contributed by atoms with Crippen LogP contribution in [-0.4, -0.2) is 42.3 Å². The summed E-state index contributed by atoms with van der Waals surface area (Å²) in [6.07, 6.45) is -0.684. The Labute approximate surface area is 231 Å². The molecule has 0 atom stereocenters. The van der Waals surface area contributed by atoms with Gasteiger partial charge in [0.05, 0.1) is 30.4 Å². The summed E-state index contributed by atoms with van der Waals surface area (Å²) in [6.45, 7) is 8.85. The number of thiophene rings is 1. The molecular weight excluding hydrogens is 524 g/mol. The van der Waals surface area contributed by atoms with Crippen molar-refractivity contribution in [2.45, 2.75) is 46.8 Å². The minimum absolute atomic E-state index is 0.147. The Balaban J connectivity index is 1.94. The number of esters is 3. The van der Waals surface area contributed by atoms with E-state index in [-0.39, 0.29) is 28.4 Å². The molecule has 0 aliphatic rings. The van der Waals surface area contributed by atoms with Gasteiger partial charge in [-0.05, 0) is 70.6 Å². The van der Waals surface area contributed by atoms with E-state index in [0.717, 1.165) is 16.0 Å². The molecule has 1 aromatic heterocycles. The SMILES string of the molecule is COC(=O)c1c(NC(=S)Nc2cc(C(=O)OC(C)C)cc(C(=O)OC(C)C)c2)sc(C)c1-c1ccccc1. The molecule has 0 fully saturated rings. The number of rotatable bonds is 8. The van der Waals surface area contributed by atoms with Gasteiger partial charge in [0.1, 0.15) is 10.6 Å². The van der Waals surface area contributed by atoms with Crippen LogP contribution < -0.4 is 10.6 Å². The molecule has 0 saturated heterocycles. The Morgan fingerprint density at radius 1 is 0.842 bits per heavy atom. The Kier molecular flexibility index (Phi) is 9.60. The van der Waals surface area contributed by atoms with Crippen molar-refractivity contribution in [1.82, 2.24) is 0 Å². The average molecular weight is 555 g/mol. The Hall–Kier alpha value is -3.76. The van der Waals surface area contributed by atoms with Crippen LogP contribution in [0.2, 0.25) is 0 Å². The number of aryl methyl sites for hydroxylation is 1. The van der Waals surface area contributed by atoms with Crippen molar-refractivity contribution in [3.05, 3.63) is 70.1 Å². The van der Waals surface area contributed by atoms with Gasteiger partial charge in [-0.2, -0.15) is 0 Å². The van der Waals surface area contributed by atoms with Gasteiger partial charge in [0.15, 0.2) is 5.11 Å². The van der Waals surface area contributed by atoms with Gasteiger partial charge in [-0.25, -0.2) is 14.4 Å². The molecule has 0 spiro atoms. The number of anilines is 2. The molecule has 0 unspecified atom stereocenters. The number of benzene rings is 2. The van der Waals surface area contributed by atoms with Crippen molar-refractivity contribution >= 4 is 57.3 Å². The highest BCUT2D eigenvalue weighted by molar-refractivity contribution is 7.80. The van der Waals surface area contributed by atoms with Crippen LogP contribution in [0.5, 0.6) is 0 Å². The highest BCUT2D eigenvalue weighted by Crippen LogP contribution is 2.40. The number of ether oxygens (including phenoxy) is 3. The maximum absolute atomic E-state index is 12.8. The van der Waals surface area contributed by atoms with E-state index in [1.807, 2.05) is 37.3 Å². The van der Waals surface area contributed by atoms with Gasteiger partial charge >= 0.3 is 17.9 Å². The van der Waals surface area contributed by atoms with Crippen LogP contribution in [0.1, 0.15) is 63.6 Å². The van der Waals surface area contributed by atoms with E-state index in [4.69, 9.17) is 26.4 Å². The number of carbonyl (C=O) groups is 3. The highest BCUT2D eigenvalue weighted by Gasteiger charge is 2.25. The van der Waals surface area contributed by atoms with Crippen molar-refractivity contribution in [2.75, 3.05) is 17.7 Å². The normalized spacial score (nSPS) is 10.7.